The van der Waals surface area contributed by atoms with E-state index in [1.807, 2.05) is 36.5 Å². The average molecular weight is 324 g/mol. The number of hydrogen-bond donors (Lipinski definition) is 1. The zero-order valence-corrected chi connectivity index (χ0v) is 14.6. The Balaban J connectivity index is 2.01. The van der Waals surface area contributed by atoms with Crippen LogP contribution in [0.1, 0.15) is 34.7 Å². The van der Waals surface area contributed by atoms with Gasteiger partial charge in [-0.2, -0.15) is 0 Å². The van der Waals surface area contributed by atoms with Crippen molar-refractivity contribution in [2.75, 3.05) is 0 Å². The minimum atomic E-state index is 0.498. The summed E-state index contributed by atoms with van der Waals surface area (Å²) in [7, 11) is 0. The third kappa shape index (κ3) is 4.73. The first-order valence-electron chi connectivity index (χ1n) is 7.16. The molecule has 0 amide bonds. The molecule has 0 bridgehead atoms. The molecular formula is C17H22ClNOS. The molecule has 0 atom stereocenters. The lowest BCUT2D eigenvalue weighted by atomic mass is 10.2. The smallest absolute Gasteiger partial charge is 0.138 e. The second-order valence-electron chi connectivity index (χ2n) is 5.55. The quantitative estimate of drug-likeness (QED) is 0.799. The van der Waals surface area contributed by atoms with E-state index in [4.69, 9.17) is 16.3 Å². The Hall–Kier alpha value is -1.03. The largest absolute Gasteiger partial charge is 0.487 e. The fourth-order valence-electron chi connectivity index (χ4n) is 2.00. The monoisotopic (exact) mass is 323 g/mol. The summed E-state index contributed by atoms with van der Waals surface area (Å²) in [4.78, 5) is 2.65. The van der Waals surface area contributed by atoms with Crippen LogP contribution in [-0.2, 0) is 13.2 Å². The van der Waals surface area contributed by atoms with Crippen LogP contribution in [0.3, 0.4) is 0 Å². The maximum absolute atomic E-state index is 6.16. The Morgan fingerprint density at radius 3 is 2.71 bits per heavy atom. The summed E-state index contributed by atoms with van der Waals surface area (Å²) in [5.41, 5.74) is 2.39. The third-order valence-corrected chi connectivity index (χ3v) is 4.63. The molecule has 2 aromatic rings. The molecule has 2 rings (SSSR count). The van der Waals surface area contributed by atoms with E-state index < -0.39 is 0 Å². The van der Waals surface area contributed by atoms with Crippen molar-refractivity contribution >= 4 is 22.9 Å². The molecule has 0 aliphatic heterocycles. The van der Waals surface area contributed by atoms with Crippen LogP contribution in [0.4, 0.5) is 0 Å². The Kier molecular flexibility index (Phi) is 5.68. The highest BCUT2D eigenvalue weighted by atomic mass is 35.5. The van der Waals surface area contributed by atoms with Crippen molar-refractivity contribution in [3.05, 3.63) is 50.2 Å². The third-order valence-electron chi connectivity index (χ3n) is 3.23. The van der Waals surface area contributed by atoms with E-state index in [0.29, 0.717) is 17.7 Å². The van der Waals surface area contributed by atoms with Crippen molar-refractivity contribution in [3.8, 4) is 5.75 Å². The lowest BCUT2D eigenvalue weighted by molar-refractivity contribution is 0.306. The molecule has 4 heteroatoms. The van der Waals surface area contributed by atoms with Gasteiger partial charge in [0.1, 0.15) is 12.4 Å². The van der Waals surface area contributed by atoms with Gasteiger partial charge < -0.3 is 10.1 Å². The van der Waals surface area contributed by atoms with Crippen LogP contribution in [0.5, 0.6) is 5.75 Å². The van der Waals surface area contributed by atoms with E-state index in [0.717, 1.165) is 17.9 Å². The molecule has 1 aromatic heterocycles. The van der Waals surface area contributed by atoms with E-state index in [2.05, 4.69) is 32.2 Å². The number of benzene rings is 1. The van der Waals surface area contributed by atoms with Gasteiger partial charge >= 0.3 is 0 Å². The van der Waals surface area contributed by atoms with E-state index in [1.54, 1.807) is 0 Å². The van der Waals surface area contributed by atoms with Crippen LogP contribution in [0.15, 0.2) is 24.3 Å². The molecule has 0 saturated heterocycles. The van der Waals surface area contributed by atoms with Gasteiger partial charge in [-0.1, -0.05) is 31.5 Å². The molecule has 0 fully saturated rings. The highest BCUT2D eigenvalue weighted by Crippen LogP contribution is 2.28. The Bertz CT molecular complexity index is 607. The van der Waals surface area contributed by atoms with Crippen LogP contribution in [0, 0.1) is 13.8 Å². The molecule has 1 N–H and O–H groups in total. The highest BCUT2D eigenvalue weighted by molar-refractivity contribution is 7.12. The van der Waals surface area contributed by atoms with Crippen molar-refractivity contribution in [3.63, 3.8) is 0 Å². The van der Waals surface area contributed by atoms with Gasteiger partial charge in [0.2, 0.25) is 0 Å². The fourth-order valence-corrected chi connectivity index (χ4v) is 3.17. The van der Waals surface area contributed by atoms with Gasteiger partial charge in [-0.05, 0) is 37.6 Å². The number of thiophene rings is 1. The van der Waals surface area contributed by atoms with Crippen LogP contribution >= 0.6 is 22.9 Å². The molecule has 114 valence electrons. The normalized spacial score (nSPS) is 11.1. The molecule has 0 aliphatic carbocycles. The molecule has 0 unspecified atom stereocenters. The van der Waals surface area contributed by atoms with Gasteiger partial charge in [0.05, 0.1) is 5.02 Å². The molecule has 0 aliphatic rings. The number of ether oxygens (including phenoxy) is 1. The first-order valence-corrected chi connectivity index (χ1v) is 8.35. The van der Waals surface area contributed by atoms with Crippen molar-refractivity contribution in [2.24, 2.45) is 0 Å². The van der Waals surface area contributed by atoms with E-state index in [1.165, 1.54) is 15.3 Å². The Labute approximate surface area is 136 Å². The molecular weight excluding hydrogens is 302 g/mol. The molecule has 1 heterocycles. The maximum atomic E-state index is 6.16. The second-order valence-corrected chi connectivity index (χ2v) is 7.30. The van der Waals surface area contributed by atoms with Gasteiger partial charge in [-0.15, -0.1) is 11.3 Å². The van der Waals surface area contributed by atoms with Gasteiger partial charge in [-0.25, -0.2) is 0 Å². The summed E-state index contributed by atoms with van der Waals surface area (Å²) in [6.07, 6.45) is 0. The molecule has 2 nitrogen and oxygen atoms in total. The number of rotatable bonds is 6. The summed E-state index contributed by atoms with van der Waals surface area (Å²) in [6.45, 7) is 9.96. The fraction of sp³-hybridized carbons (Fsp3) is 0.412. The SMILES string of the molecule is Cc1ccc(Cl)c(OCc2cc(CNC(C)C)sc2C)c1. The van der Waals surface area contributed by atoms with Crippen LogP contribution in [0.25, 0.3) is 0 Å². The molecule has 0 spiro atoms. The van der Waals surface area contributed by atoms with Gasteiger partial charge in [0, 0.05) is 27.9 Å². The van der Waals surface area contributed by atoms with Crippen LogP contribution in [0.2, 0.25) is 5.02 Å². The summed E-state index contributed by atoms with van der Waals surface area (Å²) in [5.74, 6) is 0.754. The Morgan fingerprint density at radius 1 is 1.24 bits per heavy atom. The van der Waals surface area contributed by atoms with Crippen LogP contribution in [-0.4, -0.2) is 6.04 Å². The van der Waals surface area contributed by atoms with Crippen molar-refractivity contribution in [1.29, 1.82) is 0 Å². The standard InChI is InChI=1S/C17H22ClNOS/c1-11(2)19-9-15-8-14(13(4)21-15)10-20-17-7-12(3)5-6-16(17)18/h5-8,11,19H,9-10H2,1-4H3. The summed E-state index contributed by atoms with van der Waals surface area (Å²) >= 11 is 7.98. The lowest BCUT2D eigenvalue weighted by Crippen LogP contribution is -2.21. The topological polar surface area (TPSA) is 21.3 Å². The first-order chi connectivity index (χ1) is 9.95. The minimum absolute atomic E-state index is 0.498. The molecule has 0 saturated carbocycles. The van der Waals surface area contributed by atoms with E-state index >= 15 is 0 Å². The zero-order valence-electron chi connectivity index (χ0n) is 13.0. The number of aryl methyl sites for hydroxylation is 2. The minimum Gasteiger partial charge on any atom is -0.487 e. The summed E-state index contributed by atoms with van der Waals surface area (Å²) < 4.78 is 5.88. The van der Waals surface area contributed by atoms with Crippen molar-refractivity contribution in [1.82, 2.24) is 5.32 Å². The highest BCUT2D eigenvalue weighted by Gasteiger charge is 2.08. The first kappa shape index (κ1) is 16.3. The predicted molar refractivity (Wildman–Crippen MR) is 91.6 cm³/mol. The number of halogens is 1. The zero-order chi connectivity index (χ0) is 15.4. The van der Waals surface area contributed by atoms with E-state index in [-0.39, 0.29) is 0 Å². The second kappa shape index (κ2) is 7.30. The van der Waals surface area contributed by atoms with Gasteiger partial charge in [0.15, 0.2) is 0 Å². The van der Waals surface area contributed by atoms with Gasteiger partial charge in [0.25, 0.3) is 0 Å². The van der Waals surface area contributed by atoms with Crippen molar-refractivity contribution in [2.45, 2.75) is 46.9 Å². The Morgan fingerprint density at radius 2 is 2.00 bits per heavy atom. The number of nitrogens with one attached hydrogen (secondary N) is 1. The predicted octanol–water partition coefficient (Wildman–Crippen LogP) is 5.10. The summed E-state index contributed by atoms with van der Waals surface area (Å²) in [6, 6.07) is 8.56. The molecule has 0 radical (unpaired) electrons. The molecule has 1 aromatic carbocycles. The van der Waals surface area contributed by atoms with E-state index in [9.17, 15) is 0 Å². The molecule has 21 heavy (non-hydrogen) atoms. The number of hydrogen-bond acceptors (Lipinski definition) is 3. The van der Waals surface area contributed by atoms with Crippen LogP contribution < -0.4 is 10.1 Å². The average Bonchev–Trinajstić information content (AvgIpc) is 2.78. The van der Waals surface area contributed by atoms with Crippen molar-refractivity contribution < 1.29 is 4.74 Å². The van der Waals surface area contributed by atoms with Gasteiger partial charge in [-0.3, -0.25) is 0 Å². The summed E-state index contributed by atoms with van der Waals surface area (Å²) in [5, 5.41) is 4.10. The maximum Gasteiger partial charge on any atom is 0.138 e. The lowest BCUT2D eigenvalue weighted by Gasteiger charge is -2.08.